The Bertz CT molecular complexity index is 353. The van der Waals surface area contributed by atoms with Crippen molar-refractivity contribution in [2.45, 2.75) is 26.2 Å². The average molecular weight is 190 g/mol. The smallest absolute Gasteiger partial charge is 0.0342 e. The molecule has 0 amide bonds. The highest BCUT2D eigenvalue weighted by Gasteiger charge is 2.07. The second-order valence-corrected chi connectivity index (χ2v) is 4.77. The molecule has 0 unspecified atom stereocenters. The standard InChI is InChI=1S/C12H14S/c1-9(2)11-7-8-12(13-11)10-5-3-4-6-10/h3,5-9H,4H2,1-2H3. The molecule has 1 aliphatic rings. The molecule has 1 heterocycles. The van der Waals surface area contributed by atoms with Crippen molar-refractivity contribution in [1.82, 2.24) is 0 Å². The summed E-state index contributed by atoms with van der Waals surface area (Å²) in [6.07, 6.45) is 7.82. The zero-order valence-corrected chi connectivity index (χ0v) is 8.90. The fraction of sp³-hybridized carbons (Fsp3) is 0.333. The molecule has 0 bridgehead atoms. The van der Waals surface area contributed by atoms with Gasteiger partial charge in [0, 0.05) is 9.75 Å². The molecule has 2 rings (SSSR count). The number of allylic oxidation sites excluding steroid dienone is 4. The molecule has 0 saturated carbocycles. The maximum absolute atomic E-state index is 2.29. The Morgan fingerprint density at radius 2 is 2.15 bits per heavy atom. The average Bonchev–Trinajstić information content (AvgIpc) is 2.75. The number of hydrogen-bond donors (Lipinski definition) is 0. The number of rotatable bonds is 2. The molecule has 0 fully saturated rings. The van der Waals surface area contributed by atoms with Crippen molar-refractivity contribution >= 4 is 16.9 Å². The first kappa shape index (κ1) is 8.76. The summed E-state index contributed by atoms with van der Waals surface area (Å²) in [5.41, 5.74) is 1.40. The van der Waals surface area contributed by atoms with Crippen molar-refractivity contribution in [3.63, 3.8) is 0 Å². The van der Waals surface area contributed by atoms with Gasteiger partial charge in [0.1, 0.15) is 0 Å². The van der Waals surface area contributed by atoms with E-state index in [-0.39, 0.29) is 0 Å². The van der Waals surface area contributed by atoms with Crippen molar-refractivity contribution in [1.29, 1.82) is 0 Å². The Kier molecular flexibility index (Phi) is 2.36. The third kappa shape index (κ3) is 1.75. The van der Waals surface area contributed by atoms with E-state index in [2.05, 4.69) is 44.2 Å². The van der Waals surface area contributed by atoms with Gasteiger partial charge in [-0.15, -0.1) is 11.3 Å². The Hall–Kier alpha value is -0.820. The van der Waals surface area contributed by atoms with E-state index in [4.69, 9.17) is 0 Å². The largest absolute Gasteiger partial charge is 0.140 e. The second-order valence-electron chi connectivity index (χ2n) is 3.65. The van der Waals surface area contributed by atoms with Crippen LogP contribution in [-0.4, -0.2) is 0 Å². The molecule has 68 valence electrons. The zero-order chi connectivity index (χ0) is 9.26. The lowest BCUT2D eigenvalue weighted by atomic mass is 10.2. The topological polar surface area (TPSA) is 0 Å². The van der Waals surface area contributed by atoms with E-state index < -0.39 is 0 Å². The molecule has 1 aromatic heterocycles. The van der Waals surface area contributed by atoms with E-state index in [1.165, 1.54) is 15.3 Å². The number of hydrogen-bond acceptors (Lipinski definition) is 1. The SMILES string of the molecule is CC(C)c1ccc(C2=CCC=C2)s1. The van der Waals surface area contributed by atoms with Gasteiger partial charge in [-0.3, -0.25) is 0 Å². The van der Waals surface area contributed by atoms with Crippen LogP contribution in [0.15, 0.2) is 30.4 Å². The fourth-order valence-electron chi connectivity index (χ4n) is 1.46. The first-order valence-corrected chi connectivity index (χ1v) is 5.56. The van der Waals surface area contributed by atoms with E-state index in [1.807, 2.05) is 11.3 Å². The number of thiophene rings is 1. The van der Waals surface area contributed by atoms with E-state index in [1.54, 1.807) is 0 Å². The van der Waals surface area contributed by atoms with Gasteiger partial charge in [-0.05, 0) is 30.0 Å². The summed E-state index contributed by atoms with van der Waals surface area (Å²) in [4.78, 5) is 2.90. The van der Waals surface area contributed by atoms with Gasteiger partial charge in [-0.25, -0.2) is 0 Å². The quantitative estimate of drug-likeness (QED) is 0.655. The highest BCUT2D eigenvalue weighted by Crippen LogP contribution is 2.31. The van der Waals surface area contributed by atoms with Crippen LogP contribution in [0.1, 0.15) is 35.9 Å². The predicted octanol–water partition coefficient (Wildman–Crippen LogP) is 4.21. The third-order valence-electron chi connectivity index (χ3n) is 2.25. The lowest BCUT2D eigenvalue weighted by Crippen LogP contribution is -1.77. The van der Waals surface area contributed by atoms with E-state index in [9.17, 15) is 0 Å². The maximum Gasteiger partial charge on any atom is 0.0342 e. The molecule has 0 nitrogen and oxygen atoms in total. The fourth-order valence-corrected chi connectivity index (χ4v) is 2.49. The lowest BCUT2D eigenvalue weighted by Gasteiger charge is -1.98. The molecule has 0 atom stereocenters. The van der Waals surface area contributed by atoms with Crippen LogP contribution in [0.2, 0.25) is 0 Å². The van der Waals surface area contributed by atoms with Crippen molar-refractivity contribution in [2.24, 2.45) is 0 Å². The Balaban J connectivity index is 2.27. The van der Waals surface area contributed by atoms with Gasteiger partial charge in [0.15, 0.2) is 0 Å². The molecule has 1 aromatic rings. The van der Waals surface area contributed by atoms with E-state index in [0.29, 0.717) is 5.92 Å². The first-order valence-electron chi connectivity index (χ1n) is 4.74. The molecular weight excluding hydrogens is 176 g/mol. The highest BCUT2D eigenvalue weighted by atomic mass is 32.1. The summed E-state index contributed by atoms with van der Waals surface area (Å²) in [6, 6.07) is 4.49. The second kappa shape index (κ2) is 3.51. The molecule has 13 heavy (non-hydrogen) atoms. The van der Waals surface area contributed by atoms with Crippen LogP contribution in [0.3, 0.4) is 0 Å². The Morgan fingerprint density at radius 3 is 2.69 bits per heavy atom. The summed E-state index contributed by atoms with van der Waals surface area (Å²) < 4.78 is 0. The normalized spacial score (nSPS) is 15.5. The molecule has 0 aromatic carbocycles. The molecular formula is C12H14S. The summed E-state index contributed by atoms with van der Waals surface area (Å²) in [5, 5.41) is 0. The predicted molar refractivity (Wildman–Crippen MR) is 60.1 cm³/mol. The molecule has 0 radical (unpaired) electrons. The van der Waals surface area contributed by atoms with Gasteiger partial charge >= 0.3 is 0 Å². The van der Waals surface area contributed by atoms with Crippen molar-refractivity contribution in [3.05, 3.63) is 40.1 Å². The van der Waals surface area contributed by atoms with Crippen molar-refractivity contribution in [3.8, 4) is 0 Å². The van der Waals surface area contributed by atoms with Gasteiger partial charge in [0.25, 0.3) is 0 Å². The monoisotopic (exact) mass is 190 g/mol. The maximum atomic E-state index is 2.29. The van der Waals surface area contributed by atoms with Gasteiger partial charge in [-0.2, -0.15) is 0 Å². The summed E-state index contributed by atoms with van der Waals surface area (Å²) in [7, 11) is 0. The minimum absolute atomic E-state index is 0.657. The van der Waals surface area contributed by atoms with Gasteiger partial charge in [0.05, 0.1) is 0 Å². The third-order valence-corrected chi connectivity index (χ3v) is 3.69. The molecule has 1 heteroatoms. The Labute approximate surface area is 83.6 Å². The summed E-state index contributed by atoms with van der Waals surface area (Å²) >= 11 is 1.92. The summed E-state index contributed by atoms with van der Waals surface area (Å²) in [5.74, 6) is 0.657. The van der Waals surface area contributed by atoms with Crippen LogP contribution in [0.5, 0.6) is 0 Å². The molecule has 0 aliphatic heterocycles. The van der Waals surface area contributed by atoms with Gasteiger partial charge in [0.2, 0.25) is 0 Å². The van der Waals surface area contributed by atoms with Crippen LogP contribution in [-0.2, 0) is 0 Å². The van der Waals surface area contributed by atoms with Crippen molar-refractivity contribution < 1.29 is 0 Å². The molecule has 0 N–H and O–H groups in total. The Morgan fingerprint density at radius 1 is 1.31 bits per heavy atom. The minimum Gasteiger partial charge on any atom is -0.140 e. The van der Waals surface area contributed by atoms with E-state index in [0.717, 1.165) is 6.42 Å². The minimum atomic E-state index is 0.657. The van der Waals surface area contributed by atoms with Crippen LogP contribution in [0, 0.1) is 0 Å². The van der Waals surface area contributed by atoms with Gasteiger partial charge < -0.3 is 0 Å². The summed E-state index contributed by atoms with van der Waals surface area (Å²) in [6.45, 7) is 4.49. The molecule has 1 aliphatic carbocycles. The van der Waals surface area contributed by atoms with E-state index >= 15 is 0 Å². The molecule has 0 saturated heterocycles. The highest BCUT2D eigenvalue weighted by molar-refractivity contribution is 7.13. The van der Waals surface area contributed by atoms with Crippen LogP contribution in [0.25, 0.3) is 5.57 Å². The van der Waals surface area contributed by atoms with Crippen LogP contribution in [0.4, 0.5) is 0 Å². The first-order chi connectivity index (χ1) is 6.27. The van der Waals surface area contributed by atoms with Crippen LogP contribution < -0.4 is 0 Å². The lowest BCUT2D eigenvalue weighted by molar-refractivity contribution is 0.890. The van der Waals surface area contributed by atoms with Crippen molar-refractivity contribution in [2.75, 3.05) is 0 Å². The van der Waals surface area contributed by atoms with Gasteiger partial charge in [-0.1, -0.05) is 32.1 Å². The zero-order valence-electron chi connectivity index (χ0n) is 8.08. The van der Waals surface area contributed by atoms with Crippen LogP contribution >= 0.6 is 11.3 Å². The molecule has 0 spiro atoms.